The average Bonchev–Trinajstić information content (AvgIpc) is 3.33. The number of hydrogen-bond acceptors (Lipinski definition) is 5. The molecule has 0 aliphatic rings. The third-order valence-corrected chi connectivity index (χ3v) is 6.29. The first-order valence-corrected chi connectivity index (χ1v) is 10.9. The number of methoxy groups -OCH3 is 1. The molecule has 1 atom stereocenters. The van der Waals surface area contributed by atoms with Crippen molar-refractivity contribution in [2.45, 2.75) is 33.7 Å². The van der Waals surface area contributed by atoms with Crippen LogP contribution in [0.25, 0.3) is 27.5 Å². The minimum atomic E-state index is -0.184. The quantitative estimate of drug-likeness (QED) is 0.432. The summed E-state index contributed by atoms with van der Waals surface area (Å²) in [5.41, 5.74) is 7.30. The summed E-state index contributed by atoms with van der Waals surface area (Å²) in [7, 11) is 7.11. The smallest absolute Gasteiger partial charge is 0.329 e. The van der Waals surface area contributed by atoms with Crippen molar-refractivity contribution in [3.8, 4) is 5.75 Å². The van der Waals surface area contributed by atoms with Gasteiger partial charge in [-0.25, -0.2) is 4.79 Å². The molecular formula is C25H30N6O2. The monoisotopic (exact) mass is 446 g/mol. The number of aryl methyl sites for hydroxylation is 2. The maximum absolute atomic E-state index is 13.3. The Hall–Kier alpha value is -3.68. The van der Waals surface area contributed by atoms with E-state index in [9.17, 15) is 4.79 Å². The fourth-order valence-corrected chi connectivity index (χ4v) is 4.57. The summed E-state index contributed by atoms with van der Waals surface area (Å²) >= 11 is 0. The summed E-state index contributed by atoms with van der Waals surface area (Å²) in [5.74, 6) is 0.719. The zero-order chi connectivity index (χ0) is 24.0. The van der Waals surface area contributed by atoms with Crippen LogP contribution in [-0.2, 0) is 14.1 Å². The molecule has 8 nitrogen and oxygen atoms in total. The van der Waals surface area contributed by atoms with E-state index < -0.39 is 0 Å². The van der Waals surface area contributed by atoms with Crippen molar-refractivity contribution in [1.82, 2.24) is 23.9 Å². The van der Waals surface area contributed by atoms with E-state index >= 15 is 0 Å². The van der Waals surface area contributed by atoms with Gasteiger partial charge in [0, 0.05) is 55.1 Å². The van der Waals surface area contributed by atoms with Crippen LogP contribution >= 0.6 is 0 Å². The van der Waals surface area contributed by atoms with Crippen molar-refractivity contribution in [2.75, 3.05) is 14.2 Å². The van der Waals surface area contributed by atoms with Crippen LogP contribution in [0.5, 0.6) is 5.75 Å². The van der Waals surface area contributed by atoms with Gasteiger partial charge in [0.05, 0.1) is 42.1 Å². The molecule has 172 valence electrons. The molecule has 0 spiro atoms. The molecule has 4 rings (SSSR count). The number of benzene rings is 1. The van der Waals surface area contributed by atoms with Gasteiger partial charge in [0.1, 0.15) is 5.75 Å². The molecule has 33 heavy (non-hydrogen) atoms. The van der Waals surface area contributed by atoms with Gasteiger partial charge >= 0.3 is 5.69 Å². The molecule has 0 bridgehead atoms. The predicted octanol–water partition coefficient (Wildman–Crippen LogP) is 4.12. The largest absolute Gasteiger partial charge is 0.496 e. The minimum absolute atomic E-state index is 0.0994. The topological polar surface area (TPSA) is 79.2 Å². The van der Waals surface area contributed by atoms with Crippen LogP contribution in [0.4, 0.5) is 0 Å². The second-order valence-electron chi connectivity index (χ2n) is 8.58. The molecule has 0 aliphatic carbocycles. The van der Waals surface area contributed by atoms with E-state index in [1.54, 1.807) is 47.4 Å². The Labute approximate surface area is 192 Å². The van der Waals surface area contributed by atoms with Crippen molar-refractivity contribution in [1.29, 1.82) is 0 Å². The van der Waals surface area contributed by atoms with Crippen LogP contribution in [0.1, 0.15) is 44.9 Å². The van der Waals surface area contributed by atoms with E-state index in [0.29, 0.717) is 0 Å². The van der Waals surface area contributed by atoms with Gasteiger partial charge in [-0.1, -0.05) is 5.57 Å². The lowest BCUT2D eigenvalue weighted by Gasteiger charge is -2.16. The Bertz CT molecular complexity index is 1490. The fraction of sp³-hybridized carbons (Fsp3) is 0.360. The highest BCUT2D eigenvalue weighted by molar-refractivity contribution is 6.24. The second-order valence-corrected chi connectivity index (χ2v) is 8.58. The number of ether oxygens (including phenoxy) is 1. The molecule has 3 heterocycles. The van der Waals surface area contributed by atoms with E-state index in [1.807, 2.05) is 39.2 Å². The lowest BCUT2D eigenvalue weighted by molar-refractivity contribution is 0.414. The van der Waals surface area contributed by atoms with Crippen LogP contribution in [-0.4, -0.2) is 43.8 Å². The molecule has 0 fully saturated rings. The number of aromatic nitrogens is 5. The van der Waals surface area contributed by atoms with E-state index in [2.05, 4.69) is 23.9 Å². The van der Waals surface area contributed by atoms with Gasteiger partial charge in [0.25, 0.3) is 0 Å². The fourth-order valence-electron chi connectivity index (χ4n) is 4.57. The lowest BCUT2D eigenvalue weighted by atomic mass is 9.95. The normalized spacial score (nSPS) is 13.0. The Morgan fingerprint density at radius 2 is 1.88 bits per heavy atom. The summed E-state index contributed by atoms with van der Waals surface area (Å²) < 4.78 is 11.0. The Balaban J connectivity index is 2.03. The van der Waals surface area contributed by atoms with Crippen LogP contribution in [0.15, 0.2) is 46.1 Å². The highest BCUT2D eigenvalue weighted by atomic mass is 16.5. The van der Waals surface area contributed by atoms with Crippen molar-refractivity contribution in [2.24, 2.45) is 19.1 Å². The highest BCUT2D eigenvalue weighted by Crippen LogP contribution is 2.36. The van der Waals surface area contributed by atoms with Gasteiger partial charge in [-0.3, -0.25) is 23.8 Å². The number of allylic oxidation sites excluding steroid dienone is 2. The maximum atomic E-state index is 13.3. The third kappa shape index (κ3) is 3.55. The molecule has 1 unspecified atom stereocenters. The molecule has 1 aromatic carbocycles. The Kier molecular flexibility index (Phi) is 5.69. The molecule has 0 amide bonds. The number of pyridine rings is 1. The van der Waals surface area contributed by atoms with Crippen LogP contribution < -0.4 is 10.4 Å². The molecule has 4 aromatic rings. The van der Waals surface area contributed by atoms with Gasteiger partial charge in [0.2, 0.25) is 0 Å². The highest BCUT2D eigenvalue weighted by Gasteiger charge is 2.22. The summed E-state index contributed by atoms with van der Waals surface area (Å²) in [6.07, 6.45) is 5.50. The van der Waals surface area contributed by atoms with Gasteiger partial charge in [-0.05, 0) is 39.8 Å². The van der Waals surface area contributed by atoms with Crippen molar-refractivity contribution in [3.05, 3.63) is 57.9 Å². The number of imidazole rings is 1. The molecule has 0 aliphatic heterocycles. The van der Waals surface area contributed by atoms with Gasteiger partial charge < -0.3 is 4.74 Å². The number of rotatable bonds is 5. The second kappa shape index (κ2) is 8.35. The van der Waals surface area contributed by atoms with E-state index in [1.165, 1.54) is 0 Å². The predicted molar refractivity (Wildman–Crippen MR) is 133 cm³/mol. The van der Waals surface area contributed by atoms with Gasteiger partial charge in [0.15, 0.2) is 0 Å². The Morgan fingerprint density at radius 3 is 2.45 bits per heavy atom. The lowest BCUT2D eigenvalue weighted by Crippen LogP contribution is -2.25. The number of hydrogen-bond donors (Lipinski definition) is 0. The maximum Gasteiger partial charge on any atom is 0.329 e. The van der Waals surface area contributed by atoms with Crippen molar-refractivity contribution in [3.63, 3.8) is 0 Å². The number of fused-ring (bicyclic) bond motifs is 3. The average molecular weight is 447 g/mol. The molecular weight excluding hydrogens is 416 g/mol. The summed E-state index contributed by atoms with van der Waals surface area (Å²) in [5, 5.41) is 5.13. The minimum Gasteiger partial charge on any atom is -0.496 e. The Morgan fingerprint density at radius 1 is 1.15 bits per heavy atom. The summed E-state index contributed by atoms with van der Waals surface area (Å²) in [4.78, 5) is 22.5. The van der Waals surface area contributed by atoms with E-state index in [-0.39, 0.29) is 11.7 Å². The van der Waals surface area contributed by atoms with E-state index in [0.717, 1.165) is 55.7 Å². The van der Waals surface area contributed by atoms with Crippen LogP contribution in [0.3, 0.4) is 0 Å². The van der Waals surface area contributed by atoms with Crippen molar-refractivity contribution < 1.29 is 4.74 Å². The first-order valence-electron chi connectivity index (χ1n) is 10.9. The molecule has 3 aromatic heterocycles. The summed E-state index contributed by atoms with van der Waals surface area (Å²) in [6, 6.07) is 3.82. The number of aliphatic imine (C=N–C) groups is 1. The van der Waals surface area contributed by atoms with Crippen LogP contribution in [0.2, 0.25) is 0 Å². The van der Waals surface area contributed by atoms with Gasteiger partial charge in [-0.2, -0.15) is 5.10 Å². The molecule has 8 heteroatoms. The van der Waals surface area contributed by atoms with Crippen molar-refractivity contribution >= 4 is 33.2 Å². The first-order chi connectivity index (χ1) is 15.7. The molecule has 0 saturated carbocycles. The van der Waals surface area contributed by atoms with Gasteiger partial charge in [-0.15, -0.1) is 0 Å². The third-order valence-electron chi connectivity index (χ3n) is 6.29. The molecule has 0 N–H and O–H groups in total. The first kappa shape index (κ1) is 22.5. The SMILES string of the molecule is CN=C(C)C(=C(C)C)c1cc2ncc3c(c2cc1OC)n(C)c(=O)n3C(C)c1cnn(C)c1. The summed E-state index contributed by atoms with van der Waals surface area (Å²) in [6.45, 7) is 8.12. The van der Waals surface area contributed by atoms with Crippen LogP contribution in [0, 0.1) is 0 Å². The van der Waals surface area contributed by atoms with E-state index in [4.69, 9.17) is 9.72 Å². The standard InChI is InChI=1S/C25H30N6O2/c1-14(2)23(15(3)26-5)19-9-20-18(10-22(19)33-8)24-21(12-27-20)31(25(32)30(24)7)16(4)17-11-28-29(6)13-17/h9-13,16H,1-8H3. The zero-order valence-electron chi connectivity index (χ0n) is 20.5. The molecule has 0 radical (unpaired) electrons. The number of nitrogens with zero attached hydrogens (tertiary/aromatic N) is 6. The molecule has 0 saturated heterocycles. The zero-order valence-corrected chi connectivity index (χ0v) is 20.5.